The van der Waals surface area contributed by atoms with Crippen LogP contribution in [-0.4, -0.2) is 21.2 Å². The van der Waals surface area contributed by atoms with E-state index >= 15 is 0 Å². The fourth-order valence-corrected chi connectivity index (χ4v) is 2.93. The van der Waals surface area contributed by atoms with Gasteiger partial charge in [-0.2, -0.15) is 0 Å². The average molecular weight is 303 g/mol. The quantitative estimate of drug-likeness (QED) is 0.833. The van der Waals surface area contributed by atoms with Gasteiger partial charge < -0.3 is 0 Å². The summed E-state index contributed by atoms with van der Waals surface area (Å²) >= 11 is 0. The third kappa shape index (κ3) is 4.24. The molecule has 0 atom stereocenters. The van der Waals surface area contributed by atoms with Gasteiger partial charge in [0.25, 0.3) is 0 Å². The highest BCUT2D eigenvalue weighted by Crippen LogP contribution is 2.10. The third-order valence-electron chi connectivity index (χ3n) is 3.15. The second-order valence-corrected chi connectivity index (χ2v) is 6.59. The second-order valence-electron chi connectivity index (χ2n) is 4.82. The van der Waals surface area contributed by atoms with E-state index in [0.717, 1.165) is 17.4 Å². The summed E-state index contributed by atoms with van der Waals surface area (Å²) in [6.07, 6.45) is 1.36. The number of hydrogen-bond donors (Lipinski definition) is 1. The molecule has 110 valence electrons. The van der Waals surface area contributed by atoms with Gasteiger partial charge in [-0.15, -0.1) is 0 Å². The summed E-state index contributed by atoms with van der Waals surface area (Å²) in [5.41, 5.74) is 2.61. The molecule has 21 heavy (non-hydrogen) atoms. The van der Waals surface area contributed by atoms with Crippen molar-refractivity contribution < 1.29 is 13.2 Å². The predicted molar refractivity (Wildman–Crippen MR) is 81.9 cm³/mol. The Bertz CT molecular complexity index is 704. The summed E-state index contributed by atoms with van der Waals surface area (Å²) in [6.45, 7) is 2.23. The van der Waals surface area contributed by atoms with Gasteiger partial charge in [0.15, 0.2) is 0 Å². The lowest BCUT2D eigenvalue weighted by molar-refractivity contribution is 0.112. The summed E-state index contributed by atoms with van der Waals surface area (Å²) in [5, 5.41) is 0. The van der Waals surface area contributed by atoms with Gasteiger partial charge in [0.2, 0.25) is 10.0 Å². The van der Waals surface area contributed by atoms with Crippen molar-refractivity contribution in [2.75, 3.05) is 6.54 Å². The maximum atomic E-state index is 12.1. The molecule has 2 aromatic carbocycles. The highest BCUT2D eigenvalue weighted by atomic mass is 32.2. The number of benzene rings is 2. The smallest absolute Gasteiger partial charge is 0.240 e. The van der Waals surface area contributed by atoms with Crippen LogP contribution in [0.2, 0.25) is 0 Å². The van der Waals surface area contributed by atoms with E-state index in [9.17, 15) is 13.2 Å². The Balaban J connectivity index is 1.95. The lowest BCUT2D eigenvalue weighted by atomic mass is 10.1. The molecule has 0 bridgehead atoms. The fraction of sp³-hybridized carbons (Fsp3) is 0.188. The number of carbonyl (C=O) groups is 1. The van der Waals surface area contributed by atoms with Crippen molar-refractivity contribution in [2.45, 2.75) is 18.2 Å². The standard InChI is InChI=1S/C16H17NO3S/c1-13-2-8-16(9-3-13)21(19,20)17-11-10-14-4-6-15(12-18)7-5-14/h2-9,12,17H,10-11H2,1H3. The third-order valence-corrected chi connectivity index (χ3v) is 4.63. The minimum atomic E-state index is -3.47. The SMILES string of the molecule is Cc1ccc(S(=O)(=O)NCCc2ccc(C=O)cc2)cc1. The van der Waals surface area contributed by atoms with Crippen LogP contribution in [0, 0.1) is 6.92 Å². The zero-order chi connectivity index (χ0) is 15.3. The van der Waals surface area contributed by atoms with Crippen LogP contribution in [0.5, 0.6) is 0 Å². The van der Waals surface area contributed by atoms with E-state index in [1.807, 2.05) is 19.1 Å². The highest BCUT2D eigenvalue weighted by molar-refractivity contribution is 7.89. The van der Waals surface area contributed by atoms with E-state index in [4.69, 9.17) is 0 Å². The Kier molecular flexibility index (Phi) is 4.88. The molecule has 0 heterocycles. The van der Waals surface area contributed by atoms with Gasteiger partial charge in [-0.25, -0.2) is 13.1 Å². The molecule has 0 radical (unpaired) electrons. The van der Waals surface area contributed by atoms with Crippen molar-refractivity contribution in [3.63, 3.8) is 0 Å². The Hall–Kier alpha value is -1.98. The zero-order valence-electron chi connectivity index (χ0n) is 11.7. The average Bonchev–Trinajstić information content (AvgIpc) is 2.48. The van der Waals surface area contributed by atoms with Gasteiger partial charge in [0.1, 0.15) is 6.29 Å². The first-order valence-corrected chi connectivity index (χ1v) is 8.10. The molecule has 2 rings (SSSR count). The molecule has 4 nitrogen and oxygen atoms in total. The van der Waals surface area contributed by atoms with Crippen molar-refractivity contribution >= 4 is 16.3 Å². The van der Waals surface area contributed by atoms with E-state index < -0.39 is 10.0 Å². The molecule has 0 aliphatic heterocycles. The lowest BCUT2D eigenvalue weighted by Gasteiger charge is -2.07. The monoisotopic (exact) mass is 303 g/mol. The molecule has 0 saturated heterocycles. The summed E-state index contributed by atoms with van der Waals surface area (Å²) in [7, 11) is -3.47. The Morgan fingerprint density at radius 2 is 1.62 bits per heavy atom. The molecule has 0 aliphatic carbocycles. The number of hydrogen-bond acceptors (Lipinski definition) is 3. The Morgan fingerprint density at radius 3 is 2.19 bits per heavy atom. The van der Waals surface area contributed by atoms with E-state index in [1.165, 1.54) is 0 Å². The van der Waals surface area contributed by atoms with Crippen LogP contribution in [0.3, 0.4) is 0 Å². The molecular weight excluding hydrogens is 286 g/mol. The number of nitrogens with one attached hydrogen (secondary N) is 1. The molecule has 0 aliphatic rings. The summed E-state index contributed by atoms with van der Waals surface area (Å²) in [4.78, 5) is 10.8. The van der Waals surface area contributed by atoms with E-state index in [-0.39, 0.29) is 4.90 Å². The number of aldehydes is 1. The number of rotatable bonds is 6. The van der Waals surface area contributed by atoms with E-state index in [2.05, 4.69) is 4.72 Å². The van der Waals surface area contributed by atoms with Crippen LogP contribution in [0.1, 0.15) is 21.5 Å². The summed E-state index contributed by atoms with van der Waals surface area (Å²) in [5.74, 6) is 0. The Morgan fingerprint density at radius 1 is 1.00 bits per heavy atom. The molecular formula is C16H17NO3S. The van der Waals surface area contributed by atoms with Gasteiger partial charge in [0.05, 0.1) is 4.90 Å². The number of carbonyl (C=O) groups excluding carboxylic acids is 1. The normalized spacial score (nSPS) is 11.3. The fourth-order valence-electron chi connectivity index (χ4n) is 1.89. The van der Waals surface area contributed by atoms with Crippen LogP contribution in [0.25, 0.3) is 0 Å². The first kappa shape index (κ1) is 15.4. The first-order chi connectivity index (χ1) is 10.0. The van der Waals surface area contributed by atoms with Gasteiger partial charge in [-0.05, 0) is 31.0 Å². The van der Waals surface area contributed by atoms with Crippen LogP contribution in [-0.2, 0) is 16.4 Å². The summed E-state index contributed by atoms with van der Waals surface area (Å²) < 4.78 is 26.7. The van der Waals surface area contributed by atoms with Crippen LogP contribution >= 0.6 is 0 Å². The molecule has 0 spiro atoms. The van der Waals surface area contributed by atoms with E-state index in [0.29, 0.717) is 18.5 Å². The minimum absolute atomic E-state index is 0.268. The van der Waals surface area contributed by atoms with Gasteiger partial charge in [-0.1, -0.05) is 42.0 Å². The van der Waals surface area contributed by atoms with Gasteiger partial charge in [-0.3, -0.25) is 4.79 Å². The first-order valence-electron chi connectivity index (χ1n) is 6.62. The molecule has 0 unspecified atom stereocenters. The Labute approximate surface area is 124 Å². The largest absolute Gasteiger partial charge is 0.298 e. The maximum Gasteiger partial charge on any atom is 0.240 e. The molecule has 0 saturated carbocycles. The van der Waals surface area contributed by atoms with Crippen molar-refractivity contribution in [1.29, 1.82) is 0 Å². The lowest BCUT2D eigenvalue weighted by Crippen LogP contribution is -2.25. The zero-order valence-corrected chi connectivity index (χ0v) is 12.6. The highest BCUT2D eigenvalue weighted by Gasteiger charge is 2.12. The van der Waals surface area contributed by atoms with Crippen molar-refractivity contribution in [2.24, 2.45) is 0 Å². The van der Waals surface area contributed by atoms with Crippen molar-refractivity contribution in [3.05, 3.63) is 65.2 Å². The predicted octanol–water partition coefficient (Wildman–Crippen LogP) is 2.33. The number of aryl methyl sites for hydroxylation is 1. The van der Waals surface area contributed by atoms with Crippen molar-refractivity contribution in [3.8, 4) is 0 Å². The molecule has 1 N–H and O–H groups in total. The number of sulfonamides is 1. The topological polar surface area (TPSA) is 63.2 Å². The van der Waals surface area contributed by atoms with Crippen LogP contribution in [0.4, 0.5) is 0 Å². The summed E-state index contributed by atoms with van der Waals surface area (Å²) in [6, 6.07) is 13.8. The molecule has 0 fully saturated rings. The van der Waals surface area contributed by atoms with Crippen molar-refractivity contribution in [1.82, 2.24) is 4.72 Å². The van der Waals surface area contributed by atoms with Crippen LogP contribution < -0.4 is 4.72 Å². The van der Waals surface area contributed by atoms with Gasteiger partial charge in [0, 0.05) is 12.1 Å². The molecule has 0 amide bonds. The van der Waals surface area contributed by atoms with Gasteiger partial charge >= 0.3 is 0 Å². The minimum Gasteiger partial charge on any atom is -0.298 e. The maximum absolute atomic E-state index is 12.1. The molecule has 2 aromatic rings. The molecule has 5 heteroatoms. The second kappa shape index (κ2) is 6.65. The molecule has 0 aromatic heterocycles. The van der Waals surface area contributed by atoms with Crippen LogP contribution in [0.15, 0.2) is 53.4 Å². The van der Waals surface area contributed by atoms with E-state index in [1.54, 1.807) is 36.4 Å².